The molecule has 0 aliphatic carbocycles. The van der Waals surface area contributed by atoms with Crippen molar-refractivity contribution in [1.82, 2.24) is 0 Å². The molecule has 0 N–H and O–H groups in total. The predicted octanol–water partition coefficient (Wildman–Crippen LogP) is 5.93. The summed E-state index contributed by atoms with van der Waals surface area (Å²) in [6.07, 6.45) is 1.03. The standard InChI is InChI=1S/C20H20S/c1-14-5-8-17(9-6-14)20-11-10-19(21-20)13-18-12-15(2)4-7-16(18)3/h4-12H,13H2,1-3H3. The summed E-state index contributed by atoms with van der Waals surface area (Å²) < 4.78 is 0. The highest BCUT2D eigenvalue weighted by Gasteiger charge is 2.06. The van der Waals surface area contributed by atoms with E-state index in [0.717, 1.165) is 6.42 Å². The lowest BCUT2D eigenvalue weighted by Crippen LogP contribution is -1.90. The third-order valence-corrected chi connectivity index (χ3v) is 5.00. The topological polar surface area (TPSA) is 0 Å². The van der Waals surface area contributed by atoms with Crippen LogP contribution in [0.4, 0.5) is 0 Å². The molecule has 3 rings (SSSR count). The third-order valence-electron chi connectivity index (χ3n) is 3.87. The van der Waals surface area contributed by atoms with E-state index in [1.165, 1.54) is 37.6 Å². The van der Waals surface area contributed by atoms with E-state index in [0.29, 0.717) is 0 Å². The smallest absolute Gasteiger partial charge is 0.0345 e. The molecule has 0 saturated carbocycles. The number of hydrogen-bond donors (Lipinski definition) is 0. The van der Waals surface area contributed by atoms with Crippen LogP contribution < -0.4 is 0 Å². The minimum atomic E-state index is 1.03. The molecule has 0 atom stereocenters. The fourth-order valence-corrected chi connectivity index (χ4v) is 3.56. The van der Waals surface area contributed by atoms with Gasteiger partial charge in [0.05, 0.1) is 0 Å². The Labute approximate surface area is 131 Å². The summed E-state index contributed by atoms with van der Waals surface area (Å²) in [5, 5.41) is 0. The summed E-state index contributed by atoms with van der Waals surface area (Å²) in [5.41, 5.74) is 6.79. The summed E-state index contributed by atoms with van der Waals surface area (Å²) in [7, 11) is 0. The van der Waals surface area contributed by atoms with Crippen molar-refractivity contribution >= 4 is 11.3 Å². The van der Waals surface area contributed by atoms with Crippen molar-refractivity contribution in [2.45, 2.75) is 27.2 Å². The van der Waals surface area contributed by atoms with Crippen LogP contribution in [0.15, 0.2) is 54.6 Å². The molecule has 0 fully saturated rings. The first-order valence-electron chi connectivity index (χ1n) is 7.34. The van der Waals surface area contributed by atoms with Crippen molar-refractivity contribution in [3.8, 4) is 10.4 Å². The van der Waals surface area contributed by atoms with E-state index < -0.39 is 0 Å². The zero-order valence-electron chi connectivity index (χ0n) is 12.8. The van der Waals surface area contributed by atoms with Gasteiger partial charge in [-0.1, -0.05) is 53.6 Å². The molecule has 0 amide bonds. The van der Waals surface area contributed by atoms with Crippen LogP contribution in [0.2, 0.25) is 0 Å². The van der Waals surface area contributed by atoms with Crippen molar-refractivity contribution in [3.63, 3.8) is 0 Å². The summed E-state index contributed by atoms with van der Waals surface area (Å²) >= 11 is 1.90. The number of rotatable bonds is 3. The summed E-state index contributed by atoms with van der Waals surface area (Å²) in [6, 6.07) is 20.0. The van der Waals surface area contributed by atoms with Crippen LogP contribution in [0.1, 0.15) is 27.1 Å². The monoisotopic (exact) mass is 292 g/mol. The third kappa shape index (κ3) is 3.25. The second kappa shape index (κ2) is 5.87. The van der Waals surface area contributed by atoms with Crippen molar-refractivity contribution in [1.29, 1.82) is 0 Å². The molecule has 21 heavy (non-hydrogen) atoms. The Morgan fingerprint density at radius 2 is 1.48 bits per heavy atom. The SMILES string of the molecule is Cc1ccc(-c2ccc(Cc3cc(C)ccc3C)s2)cc1. The van der Waals surface area contributed by atoms with Crippen LogP contribution in [0.25, 0.3) is 10.4 Å². The van der Waals surface area contributed by atoms with Gasteiger partial charge in [-0.25, -0.2) is 0 Å². The van der Waals surface area contributed by atoms with Gasteiger partial charge in [-0.15, -0.1) is 11.3 Å². The maximum Gasteiger partial charge on any atom is 0.0345 e. The molecule has 1 heterocycles. The largest absolute Gasteiger partial charge is 0.140 e. The number of aryl methyl sites for hydroxylation is 3. The highest BCUT2D eigenvalue weighted by atomic mass is 32.1. The molecule has 0 spiro atoms. The van der Waals surface area contributed by atoms with Crippen LogP contribution in [-0.2, 0) is 6.42 Å². The Hall–Kier alpha value is -1.86. The van der Waals surface area contributed by atoms with Crippen molar-refractivity contribution in [2.75, 3.05) is 0 Å². The second-order valence-corrected chi connectivity index (χ2v) is 6.91. The van der Waals surface area contributed by atoms with Crippen LogP contribution in [0.5, 0.6) is 0 Å². The van der Waals surface area contributed by atoms with Crippen LogP contribution in [0, 0.1) is 20.8 Å². The lowest BCUT2D eigenvalue weighted by molar-refractivity contribution is 1.18. The molecule has 1 aromatic heterocycles. The maximum atomic E-state index is 2.31. The number of benzene rings is 2. The van der Waals surface area contributed by atoms with E-state index >= 15 is 0 Å². The molecule has 0 aliphatic heterocycles. The number of hydrogen-bond acceptors (Lipinski definition) is 1. The van der Waals surface area contributed by atoms with Crippen LogP contribution in [0.3, 0.4) is 0 Å². The first-order chi connectivity index (χ1) is 10.1. The van der Waals surface area contributed by atoms with Crippen molar-refractivity contribution in [2.24, 2.45) is 0 Å². The Morgan fingerprint density at radius 3 is 2.24 bits per heavy atom. The Bertz CT molecular complexity index is 748. The first kappa shape index (κ1) is 14.1. The normalized spacial score (nSPS) is 10.8. The van der Waals surface area contributed by atoms with E-state index in [9.17, 15) is 0 Å². The molecule has 0 aliphatic rings. The lowest BCUT2D eigenvalue weighted by atomic mass is 10.0. The van der Waals surface area contributed by atoms with Gasteiger partial charge < -0.3 is 0 Å². The molecule has 0 nitrogen and oxygen atoms in total. The van der Waals surface area contributed by atoms with E-state index in [1.54, 1.807) is 0 Å². The van der Waals surface area contributed by atoms with Gasteiger partial charge >= 0.3 is 0 Å². The molecule has 0 saturated heterocycles. The first-order valence-corrected chi connectivity index (χ1v) is 8.15. The van der Waals surface area contributed by atoms with Crippen molar-refractivity contribution in [3.05, 3.63) is 81.7 Å². The van der Waals surface area contributed by atoms with Gasteiger partial charge in [-0.2, -0.15) is 0 Å². The number of thiophene rings is 1. The predicted molar refractivity (Wildman–Crippen MR) is 93.2 cm³/mol. The van der Waals surface area contributed by atoms with E-state index in [1.807, 2.05) is 11.3 Å². The summed E-state index contributed by atoms with van der Waals surface area (Å²) in [4.78, 5) is 2.79. The van der Waals surface area contributed by atoms with Gasteiger partial charge in [-0.3, -0.25) is 0 Å². The molecule has 106 valence electrons. The van der Waals surface area contributed by atoms with E-state index in [4.69, 9.17) is 0 Å². The highest BCUT2D eigenvalue weighted by Crippen LogP contribution is 2.30. The van der Waals surface area contributed by atoms with Crippen LogP contribution in [-0.4, -0.2) is 0 Å². The summed E-state index contributed by atoms with van der Waals surface area (Å²) in [6.45, 7) is 6.49. The highest BCUT2D eigenvalue weighted by molar-refractivity contribution is 7.15. The average Bonchev–Trinajstić information content (AvgIpc) is 2.92. The molecular formula is C20H20S. The Morgan fingerprint density at radius 1 is 0.762 bits per heavy atom. The summed E-state index contributed by atoms with van der Waals surface area (Å²) in [5.74, 6) is 0. The van der Waals surface area contributed by atoms with E-state index in [-0.39, 0.29) is 0 Å². The molecule has 3 aromatic rings. The Kier molecular flexibility index (Phi) is 3.94. The molecule has 2 aromatic carbocycles. The van der Waals surface area contributed by atoms with Gasteiger partial charge in [0, 0.05) is 16.2 Å². The van der Waals surface area contributed by atoms with Gasteiger partial charge in [0.1, 0.15) is 0 Å². The molecular weight excluding hydrogens is 272 g/mol. The quantitative estimate of drug-likeness (QED) is 0.561. The molecule has 0 radical (unpaired) electrons. The van der Waals surface area contributed by atoms with Crippen LogP contribution >= 0.6 is 11.3 Å². The van der Waals surface area contributed by atoms with Gasteiger partial charge in [0.25, 0.3) is 0 Å². The minimum absolute atomic E-state index is 1.03. The second-order valence-electron chi connectivity index (χ2n) is 5.74. The zero-order chi connectivity index (χ0) is 14.8. The van der Waals surface area contributed by atoms with Gasteiger partial charge in [0.15, 0.2) is 0 Å². The molecule has 1 heteroatoms. The fourth-order valence-electron chi connectivity index (χ4n) is 2.52. The maximum absolute atomic E-state index is 2.31. The lowest BCUT2D eigenvalue weighted by Gasteiger charge is -2.05. The zero-order valence-corrected chi connectivity index (χ0v) is 13.6. The Balaban J connectivity index is 1.85. The van der Waals surface area contributed by atoms with Gasteiger partial charge in [0.2, 0.25) is 0 Å². The average molecular weight is 292 g/mol. The van der Waals surface area contributed by atoms with E-state index in [2.05, 4.69) is 75.4 Å². The minimum Gasteiger partial charge on any atom is -0.140 e. The fraction of sp³-hybridized carbons (Fsp3) is 0.200. The van der Waals surface area contributed by atoms with Gasteiger partial charge in [-0.05, 0) is 49.6 Å². The molecule has 0 unspecified atom stereocenters. The van der Waals surface area contributed by atoms with Crippen molar-refractivity contribution < 1.29 is 0 Å². The molecule has 0 bridgehead atoms.